The molecule has 3 aromatic carbocycles. The molecule has 0 fully saturated rings. The van der Waals surface area contributed by atoms with Crippen LogP contribution in [0.4, 0.5) is 19.7 Å². The summed E-state index contributed by atoms with van der Waals surface area (Å²) in [7, 11) is 7.00. The average Bonchev–Trinajstić information content (AvgIpc) is 1.60. The number of H-pyrrole nitrogens is 1. The third kappa shape index (κ3) is 28.8. The summed E-state index contributed by atoms with van der Waals surface area (Å²) < 4.78 is 63.4. The van der Waals surface area contributed by atoms with Crippen molar-refractivity contribution in [2.75, 3.05) is 165 Å². The quantitative estimate of drug-likeness (QED) is 0.0284. The average molecular weight is 1350 g/mol. The van der Waals surface area contributed by atoms with E-state index in [1.54, 1.807) is 34.1 Å². The number of rotatable bonds is 48. The van der Waals surface area contributed by atoms with Gasteiger partial charge in [-0.1, -0.05) is 44.2 Å². The number of primary amides is 1. The van der Waals surface area contributed by atoms with E-state index in [0.29, 0.717) is 135 Å². The molecule has 0 saturated carbocycles. The molecule has 0 radical (unpaired) electrons. The predicted molar refractivity (Wildman–Crippen MR) is 355 cm³/mol. The molecule has 5 rings (SSSR count). The number of carbonyl (C=O) groups excluding carboxylic acids is 8. The molecule has 1 aliphatic rings. The van der Waals surface area contributed by atoms with Gasteiger partial charge in [0.25, 0.3) is 11.8 Å². The van der Waals surface area contributed by atoms with Crippen molar-refractivity contribution in [3.8, 4) is 11.3 Å². The number of amides is 9. The highest BCUT2D eigenvalue weighted by Gasteiger charge is 2.30. The predicted octanol–water partition coefficient (Wildman–Crippen LogP) is 2.71. The second-order valence-corrected chi connectivity index (χ2v) is 23.2. The van der Waals surface area contributed by atoms with Gasteiger partial charge in [-0.15, -0.1) is 0 Å². The van der Waals surface area contributed by atoms with Crippen LogP contribution >= 0.6 is 0 Å². The standard InChI is InChI=1S/C66H99FN12O17/c1-44(2)58(77-56(80)17-16-53(68)62(83)72-22-24-89-27-28-91-31-32-93-35-36-95-38-37-94-34-33-92-30-29-90-26-25-88-6)64(85)76-54(9-7-19-73-65(69)86)63(84)74-49-15-14-47(51(41-49)60(81)70-20-8-23-78(3)4)43-96-66(87)79(5)42-45-10-12-46(13-11-45)59-50-18-21-71-61(82)52-39-48(67)40-55(75-59)57(50)52/h10-15,39-41,44,53-54,58,75H,7-9,16-38,42-43,68H2,1-6H3,(H,70,81)(H,71,82)(H,72,83)(H,74,84)(H,76,85)(H,77,80)(H3,69,73,86)/t53-,54-,58-/m0/s1. The van der Waals surface area contributed by atoms with E-state index < -0.39 is 71.5 Å². The normalized spacial score (nSPS) is 13.0. The minimum atomic E-state index is -1.22. The Morgan fingerprint density at radius 2 is 1.28 bits per heavy atom. The lowest BCUT2D eigenvalue weighted by Gasteiger charge is -2.25. The maximum atomic E-state index is 14.5. The van der Waals surface area contributed by atoms with Gasteiger partial charge in [0.15, 0.2) is 0 Å². The number of nitrogens with zero attached hydrogens (tertiary/aromatic N) is 2. The first-order valence-corrected chi connectivity index (χ1v) is 32.4. The SMILES string of the molecule is COCCOCCOCCOCCOCCOCCOCCOCCNC(=O)[C@@H](N)CCC(=O)N[C@H](C(=O)N[C@@H](CCCNC(N)=O)C(=O)Nc1ccc(COC(=O)N(C)Cc2ccc(-c3[nH]c4cc(F)cc5c4c3CCNC5=O)cc2)c(C(=O)NCCCN(C)C)c1)C(C)C. The highest BCUT2D eigenvalue weighted by atomic mass is 19.1. The Labute approximate surface area is 560 Å². The zero-order valence-corrected chi connectivity index (χ0v) is 56.2. The number of nitrogens with two attached hydrogens (primary N) is 2. The van der Waals surface area contributed by atoms with Crippen molar-refractivity contribution >= 4 is 64.2 Å². The first kappa shape index (κ1) is 78.8. The lowest BCUT2D eigenvalue weighted by molar-refractivity contribution is -0.132. The molecule has 532 valence electrons. The van der Waals surface area contributed by atoms with E-state index in [1.807, 2.05) is 43.3 Å². The van der Waals surface area contributed by atoms with Crippen LogP contribution in [0.1, 0.15) is 83.4 Å². The first-order chi connectivity index (χ1) is 46.3. The van der Waals surface area contributed by atoms with Crippen molar-refractivity contribution in [3.05, 3.63) is 88.2 Å². The van der Waals surface area contributed by atoms with Crippen molar-refractivity contribution < 1.29 is 85.4 Å². The van der Waals surface area contributed by atoms with E-state index in [2.05, 4.69) is 42.2 Å². The molecular weight excluding hydrogens is 1250 g/mol. The van der Waals surface area contributed by atoms with Gasteiger partial charge >= 0.3 is 12.1 Å². The molecule has 0 spiro atoms. The molecular formula is C66H99FN12O17. The largest absolute Gasteiger partial charge is 0.445 e. The van der Waals surface area contributed by atoms with E-state index in [0.717, 1.165) is 22.4 Å². The molecule has 1 aromatic heterocycles. The summed E-state index contributed by atoms with van der Waals surface area (Å²) in [5, 5.41) is 19.8. The summed E-state index contributed by atoms with van der Waals surface area (Å²) in [4.78, 5) is 112. The number of halogens is 1. The van der Waals surface area contributed by atoms with Crippen LogP contribution in [0.3, 0.4) is 0 Å². The van der Waals surface area contributed by atoms with Crippen LogP contribution in [0.5, 0.6) is 0 Å². The van der Waals surface area contributed by atoms with E-state index in [9.17, 15) is 42.7 Å². The number of ether oxygens (including phenoxy) is 9. The van der Waals surface area contributed by atoms with E-state index in [4.69, 9.17) is 54.1 Å². The summed E-state index contributed by atoms with van der Waals surface area (Å²) in [6.07, 6.45) is 0.445. The molecule has 0 saturated heterocycles. The number of anilines is 1. The lowest BCUT2D eigenvalue weighted by Crippen LogP contribution is -2.54. The first-order valence-electron chi connectivity index (χ1n) is 32.4. The fraction of sp³-hybridized carbons (Fsp3) is 0.576. The molecule has 30 heteroatoms. The Balaban J connectivity index is 1.06. The molecule has 12 N–H and O–H groups in total. The smallest absolute Gasteiger partial charge is 0.410 e. The van der Waals surface area contributed by atoms with Gasteiger partial charge in [0.05, 0.1) is 111 Å². The summed E-state index contributed by atoms with van der Waals surface area (Å²) in [5.41, 5.74) is 16.1. The van der Waals surface area contributed by atoms with Crippen molar-refractivity contribution in [2.24, 2.45) is 17.4 Å². The Morgan fingerprint density at radius 1 is 0.677 bits per heavy atom. The van der Waals surface area contributed by atoms with E-state index in [1.165, 1.54) is 29.2 Å². The van der Waals surface area contributed by atoms with E-state index >= 15 is 0 Å². The zero-order valence-electron chi connectivity index (χ0n) is 56.2. The van der Waals surface area contributed by atoms with Crippen LogP contribution in [0.25, 0.3) is 22.2 Å². The Bertz CT molecular complexity index is 3080. The monoisotopic (exact) mass is 1350 g/mol. The molecule has 2 heterocycles. The second-order valence-electron chi connectivity index (χ2n) is 23.2. The number of carbonyl (C=O) groups is 8. The van der Waals surface area contributed by atoms with Gasteiger partial charge in [-0.05, 0) is 99.6 Å². The van der Waals surface area contributed by atoms with Crippen LogP contribution in [0.2, 0.25) is 0 Å². The summed E-state index contributed by atoms with van der Waals surface area (Å²) >= 11 is 0. The summed E-state index contributed by atoms with van der Waals surface area (Å²) in [6.45, 7) is 11.2. The third-order valence-corrected chi connectivity index (χ3v) is 15.0. The van der Waals surface area contributed by atoms with Crippen molar-refractivity contribution in [2.45, 2.75) is 83.6 Å². The number of benzene rings is 3. The molecule has 0 unspecified atom stereocenters. The minimum absolute atomic E-state index is 0.0106. The number of methoxy groups -OCH3 is 1. The lowest BCUT2D eigenvalue weighted by atomic mass is 9.99. The number of hydrogen-bond acceptors (Lipinski definition) is 19. The minimum Gasteiger partial charge on any atom is -0.445 e. The molecule has 0 aliphatic carbocycles. The number of urea groups is 1. The van der Waals surface area contributed by atoms with Gasteiger partial charge in [0.1, 0.15) is 24.5 Å². The molecule has 3 atom stereocenters. The van der Waals surface area contributed by atoms with Crippen LogP contribution in [-0.4, -0.2) is 241 Å². The summed E-state index contributed by atoms with van der Waals surface area (Å²) in [5.74, 6) is -4.25. The maximum Gasteiger partial charge on any atom is 0.410 e. The Hall–Kier alpha value is -7.91. The van der Waals surface area contributed by atoms with Gasteiger partial charge in [0.2, 0.25) is 23.6 Å². The third-order valence-electron chi connectivity index (χ3n) is 15.0. The van der Waals surface area contributed by atoms with Crippen molar-refractivity contribution in [1.82, 2.24) is 46.7 Å². The van der Waals surface area contributed by atoms with Crippen LogP contribution in [0.15, 0.2) is 54.6 Å². The number of nitrogens with one attached hydrogen (secondary N) is 8. The van der Waals surface area contributed by atoms with Gasteiger partial charge in [-0.25, -0.2) is 14.0 Å². The van der Waals surface area contributed by atoms with E-state index in [-0.39, 0.29) is 87.9 Å². The zero-order chi connectivity index (χ0) is 69.6. The second kappa shape index (κ2) is 44.0. The fourth-order valence-corrected chi connectivity index (χ4v) is 9.90. The Kier molecular flexibility index (Phi) is 36.1. The highest BCUT2D eigenvalue weighted by molar-refractivity contribution is 6.10. The molecule has 4 aromatic rings. The van der Waals surface area contributed by atoms with Crippen LogP contribution < -0.4 is 48.7 Å². The molecule has 29 nitrogen and oxygen atoms in total. The molecule has 9 amide bonds. The number of aromatic amines is 1. The number of aromatic nitrogens is 1. The van der Waals surface area contributed by atoms with Crippen LogP contribution in [0, 0.1) is 11.7 Å². The van der Waals surface area contributed by atoms with Crippen LogP contribution in [-0.2, 0) is 81.4 Å². The number of hydrogen-bond donors (Lipinski definition) is 10. The van der Waals surface area contributed by atoms with Crippen molar-refractivity contribution in [1.29, 1.82) is 0 Å². The molecule has 1 aliphatic heterocycles. The van der Waals surface area contributed by atoms with Gasteiger partial charge < -0.3 is 106 Å². The van der Waals surface area contributed by atoms with Gasteiger partial charge in [0, 0.05) is 86.7 Å². The highest BCUT2D eigenvalue weighted by Crippen LogP contribution is 2.35. The topological polar surface area (TPSA) is 378 Å². The van der Waals surface area contributed by atoms with Gasteiger partial charge in [-0.3, -0.25) is 28.8 Å². The maximum absolute atomic E-state index is 14.5. The fourth-order valence-electron chi connectivity index (χ4n) is 9.90. The molecule has 96 heavy (non-hydrogen) atoms. The Morgan fingerprint density at radius 3 is 1.88 bits per heavy atom. The summed E-state index contributed by atoms with van der Waals surface area (Å²) in [6, 6.07) is 10.4. The van der Waals surface area contributed by atoms with Gasteiger partial charge in [-0.2, -0.15) is 0 Å². The molecule has 0 bridgehead atoms. The van der Waals surface area contributed by atoms with Crippen molar-refractivity contribution in [3.63, 3.8) is 0 Å².